The van der Waals surface area contributed by atoms with Crippen LogP contribution in [-0.2, 0) is 6.42 Å². The standard InChI is InChI=1S/C12H16OSi/c1-3-4-7-11-8-5-6-9-12(11)10(2)14-13/h5-6,8-9,13H,2-4,7H2,1H3. The summed E-state index contributed by atoms with van der Waals surface area (Å²) in [5.41, 5.74) is 2.43. The second-order valence-electron chi connectivity index (χ2n) is 3.35. The maximum absolute atomic E-state index is 9.07. The SMILES string of the molecule is C=C([Si]O)c1ccccc1CCCC. The van der Waals surface area contributed by atoms with Gasteiger partial charge < -0.3 is 4.80 Å². The first-order valence-corrected chi connectivity index (χ1v) is 5.91. The zero-order valence-corrected chi connectivity index (χ0v) is 9.59. The van der Waals surface area contributed by atoms with Crippen LogP contribution < -0.4 is 0 Å². The van der Waals surface area contributed by atoms with Crippen molar-refractivity contribution in [1.82, 2.24) is 0 Å². The lowest BCUT2D eigenvalue weighted by atomic mass is 10.0. The lowest BCUT2D eigenvalue weighted by Gasteiger charge is -2.08. The second kappa shape index (κ2) is 5.78. The minimum atomic E-state index is -0.184. The number of unbranched alkanes of at least 4 members (excludes halogenated alkanes) is 1. The third kappa shape index (κ3) is 2.82. The van der Waals surface area contributed by atoms with Crippen molar-refractivity contribution in [3.63, 3.8) is 0 Å². The van der Waals surface area contributed by atoms with Crippen LogP contribution in [0.1, 0.15) is 30.9 Å². The Hall–Kier alpha value is -0.863. The Morgan fingerprint density at radius 3 is 2.79 bits per heavy atom. The van der Waals surface area contributed by atoms with Gasteiger partial charge >= 0.3 is 0 Å². The topological polar surface area (TPSA) is 20.2 Å². The van der Waals surface area contributed by atoms with Crippen molar-refractivity contribution < 1.29 is 4.80 Å². The molecule has 2 heteroatoms. The molecule has 0 saturated carbocycles. The van der Waals surface area contributed by atoms with E-state index in [1.165, 1.54) is 18.4 Å². The average Bonchev–Trinajstić information content (AvgIpc) is 2.25. The van der Waals surface area contributed by atoms with Crippen LogP contribution in [0.3, 0.4) is 0 Å². The van der Waals surface area contributed by atoms with Gasteiger partial charge in [-0.25, -0.2) is 0 Å². The van der Waals surface area contributed by atoms with Crippen LogP contribution >= 0.6 is 0 Å². The Kier molecular flexibility index (Phi) is 4.63. The van der Waals surface area contributed by atoms with Gasteiger partial charge in [0.2, 0.25) is 0 Å². The molecule has 1 nitrogen and oxygen atoms in total. The molecule has 0 amide bonds. The van der Waals surface area contributed by atoms with Gasteiger partial charge in [-0.3, -0.25) is 0 Å². The van der Waals surface area contributed by atoms with Crippen LogP contribution in [0.25, 0.3) is 5.20 Å². The third-order valence-electron chi connectivity index (χ3n) is 2.28. The summed E-state index contributed by atoms with van der Waals surface area (Å²) in [7, 11) is -0.184. The predicted molar refractivity (Wildman–Crippen MR) is 62.1 cm³/mol. The highest BCUT2D eigenvalue weighted by atomic mass is 28.2. The largest absolute Gasteiger partial charge is 0.428 e. The molecule has 2 radical (unpaired) electrons. The summed E-state index contributed by atoms with van der Waals surface area (Å²) in [4.78, 5) is 9.07. The van der Waals surface area contributed by atoms with Crippen LogP contribution in [0.15, 0.2) is 30.8 Å². The van der Waals surface area contributed by atoms with Gasteiger partial charge in [-0.1, -0.05) is 44.2 Å². The van der Waals surface area contributed by atoms with Crippen LogP contribution in [0.2, 0.25) is 0 Å². The summed E-state index contributed by atoms with van der Waals surface area (Å²) in [5.74, 6) is 0. The van der Waals surface area contributed by atoms with E-state index >= 15 is 0 Å². The van der Waals surface area contributed by atoms with Crippen molar-refractivity contribution in [3.8, 4) is 0 Å². The lowest BCUT2D eigenvalue weighted by Crippen LogP contribution is -1.98. The Morgan fingerprint density at radius 2 is 2.14 bits per heavy atom. The summed E-state index contributed by atoms with van der Waals surface area (Å²) < 4.78 is 0. The normalized spacial score (nSPS) is 10.1. The van der Waals surface area contributed by atoms with Crippen LogP contribution in [-0.4, -0.2) is 14.6 Å². The molecule has 0 fully saturated rings. The van der Waals surface area contributed by atoms with E-state index in [-0.39, 0.29) is 9.76 Å². The highest BCUT2D eigenvalue weighted by molar-refractivity contribution is 6.53. The maximum atomic E-state index is 9.07. The molecule has 74 valence electrons. The molecule has 0 unspecified atom stereocenters. The second-order valence-corrected chi connectivity index (χ2v) is 4.18. The molecule has 1 aromatic carbocycles. The van der Waals surface area contributed by atoms with E-state index in [4.69, 9.17) is 4.80 Å². The zero-order valence-electron chi connectivity index (χ0n) is 8.59. The van der Waals surface area contributed by atoms with Crippen LogP contribution in [0.4, 0.5) is 0 Å². The van der Waals surface area contributed by atoms with Gasteiger partial charge in [-0.2, -0.15) is 0 Å². The monoisotopic (exact) mass is 204 g/mol. The van der Waals surface area contributed by atoms with Crippen LogP contribution in [0.5, 0.6) is 0 Å². The van der Waals surface area contributed by atoms with Gasteiger partial charge in [0.15, 0.2) is 0 Å². The van der Waals surface area contributed by atoms with Crippen molar-refractivity contribution in [3.05, 3.63) is 42.0 Å². The Bertz CT molecular complexity index is 307. The van der Waals surface area contributed by atoms with Crippen molar-refractivity contribution in [2.75, 3.05) is 0 Å². The predicted octanol–water partition coefficient (Wildman–Crippen LogP) is 2.61. The van der Waals surface area contributed by atoms with Crippen molar-refractivity contribution in [1.29, 1.82) is 0 Å². The van der Waals surface area contributed by atoms with Crippen molar-refractivity contribution >= 4 is 15.0 Å². The first kappa shape index (κ1) is 11.2. The summed E-state index contributed by atoms with van der Waals surface area (Å²) in [6.45, 7) is 6.06. The van der Waals surface area contributed by atoms with E-state index in [9.17, 15) is 0 Å². The third-order valence-corrected chi connectivity index (χ3v) is 2.82. The minimum absolute atomic E-state index is 0.184. The number of rotatable bonds is 5. The first-order chi connectivity index (χ1) is 6.79. The van der Waals surface area contributed by atoms with E-state index in [0.717, 1.165) is 17.2 Å². The van der Waals surface area contributed by atoms with Crippen LogP contribution in [0, 0.1) is 0 Å². The summed E-state index contributed by atoms with van der Waals surface area (Å²) in [5, 5.41) is 0.844. The molecule has 0 aromatic heterocycles. The molecule has 0 aliphatic heterocycles. The van der Waals surface area contributed by atoms with Crippen molar-refractivity contribution in [2.45, 2.75) is 26.2 Å². The fourth-order valence-electron chi connectivity index (χ4n) is 1.46. The van der Waals surface area contributed by atoms with E-state index in [1.54, 1.807) is 0 Å². The van der Waals surface area contributed by atoms with E-state index in [0.29, 0.717) is 0 Å². The summed E-state index contributed by atoms with van der Waals surface area (Å²) in [6, 6.07) is 8.20. The molecule has 0 atom stereocenters. The lowest BCUT2D eigenvalue weighted by molar-refractivity contribution is 0.616. The van der Waals surface area contributed by atoms with Gasteiger partial charge in [0.1, 0.15) is 0 Å². The molecule has 0 spiro atoms. The summed E-state index contributed by atoms with van der Waals surface area (Å²) in [6.07, 6.45) is 3.47. The van der Waals surface area contributed by atoms with Crippen molar-refractivity contribution in [2.24, 2.45) is 0 Å². The molecule has 0 bridgehead atoms. The highest BCUT2D eigenvalue weighted by Gasteiger charge is 2.04. The van der Waals surface area contributed by atoms with Gasteiger partial charge in [-0.05, 0) is 29.2 Å². The molecule has 0 heterocycles. The smallest absolute Gasteiger partial charge is 0.265 e. The van der Waals surface area contributed by atoms with E-state index in [2.05, 4.69) is 19.6 Å². The number of hydrogen-bond donors (Lipinski definition) is 1. The number of hydrogen-bond acceptors (Lipinski definition) is 1. The molecule has 0 aliphatic carbocycles. The fraction of sp³-hybridized carbons (Fsp3) is 0.333. The number of aryl methyl sites for hydroxylation is 1. The van der Waals surface area contributed by atoms with E-state index < -0.39 is 0 Å². The molecular formula is C12H16OSi. The first-order valence-electron chi connectivity index (χ1n) is 4.97. The van der Waals surface area contributed by atoms with Gasteiger partial charge in [0.05, 0.1) is 0 Å². The zero-order chi connectivity index (χ0) is 10.4. The molecule has 1 N–H and O–H groups in total. The molecule has 0 aliphatic rings. The summed E-state index contributed by atoms with van der Waals surface area (Å²) >= 11 is 0. The van der Waals surface area contributed by atoms with Gasteiger partial charge in [0.25, 0.3) is 9.76 Å². The fourth-order valence-corrected chi connectivity index (χ4v) is 1.82. The van der Waals surface area contributed by atoms with E-state index in [1.807, 2.05) is 18.2 Å². The molecule has 0 saturated heterocycles. The quantitative estimate of drug-likeness (QED) is 0.731. The molecule has 14 heavy (non-hydrogen) atoms. The number of benzene rings is 1. The van der Waals surface area contributed by atoms with Gasteiger partial charge in [0, 0.05) is 0 Å². The molecule has 1 aromatic rings. The maximum Gasteiger partial charge on any atom is 0.265 e. The molecular weight excluding hydrogens is 188 g/mol. The Labute approximate surface area is 88.4 Å². The minimum Gasteiger partial charge on any atom is -0.428 e. The Balaban J connectivity index is 2.85. The Morgan fingerprint density at radius 1 is 1.43 bits per heavy atom. The highest BCUT2D eigenvalue weighted by Crippen LogP contribution is 2.18. The average molecular weight is 204 g/mol. The van der Waals surface area contributed by atoms with Gasteiger partial charge in [-0.15, -0.1) is 0 Å². The molecule has 1 rings (SSSR count).